The van der Waals surface area contributed by atoms with Gasteiger partial charge < -0.3 is 5.32 Å². The van der Waals surface area contributed by atoms with E-state index in [-0.39, 0.29) is 0 Å². The molecule has 1 aromatic heterocycles. The van der Waals surface area contributed by atoms with Crippen LogP contribution in [0.3, 0.4) is 0 Å². The summed E-state index contributed by atoms with van der Waals surface area (Å²) in [7, 11) is 0. The van der Waals surface area contributed by atoms with Crippen LogP contribution in [0.5, 0.6) is 0 Å². The molecule has 2 rings (SSSR count). The quantitative estimate of drug-likeness (QED) is 0.881. The normalized spacial score (nSPS) is 12.4. The van der Waals surface area contributed by atoms with E-state index < -0.39 is 0 Å². The second-order valence-corrected chi connectivity index (χ2v) is 4.55. The van der Waals surface area contributed by atoms with Crippen molar-refractivity contribution in [2.24, 2.45) is 0 Å². The number of nitrogens with one attached hydrogen (secondary N) is 1. The zero-order chi connectivity index (χ0) is 13.0. The molecule has 1 heterocycles. The average molecular weight is 240 g/mol. The molecule has 1 N–H and O–H groups in total. The lowest BCUT2D eigenvalue weighted by Crippen LogP contribution is -2.18. The third-order valence-corrected chi connectivity index (χ3v) is 3.16. The van der Waals surface area contributed by atoms with E-state index in [0.717, 1.165) is 12.2 Å². The summed E-state index contributed by atoms with van der Waals surface area (Å²) in [5, 5.41) is 3.46. The summed E-state index contributed by atoms with van der Waals surface area (Å²) in [6.45, 7) is 7.31. The van der Waals surface area contributed by atoms with E-state index in [9.17, 15) is 0 Å². The Balaban J connectivity index is 2.41. The van der Waals surface area contributed by atoms with Crippen molar-refractivity contribution in [2.45, 2.75) is 26.8 Å². The number of hydrogen-bond acceptors (Lipinski definition) is 2. The molecule has 18 heavy (non-hydrogen) atoms. The van der Waals surface area contributed by atoms with Gasteiger partial charge in [-0.1, -0.05) is 37.3 Å². The van der Waals surface area contributed by atoms with Crippen molar-refractivity contribution in [3.8, 4) is 11.1 Å². The van der Waals surface area contributed by atoms with E-state index in [1.54, 1.807) is 0 Å². The van der Waals surface area contributed by atoms with Crippen molar-refractivity contribution < 1.29 is 0 Å². The molecule has 0 fully saturated rings. The topological polar surface area (TPSA) is 24.9 Å². The minimum Gasteiger partial charge on any atom is -0.310 e. The van der Waals surface area contributed by atoms with Crippen molar-refractivity contribution in [1.29, 1.82) is 0 Å². The van der Waals surface area contributed by atoms with Crippen molar-refractivity contribution in [1.82, 2.24) is 10.3 Å². The Morgan fingerprint density at radius 3 is 2.61 bits per heavy atom. The molecule has 1 atom stereocenters. The van der Waals surface area contributed by atoms with E-state index in [4.69, 9.17) is 0 Å². The first kappa shape index (κ1) is 12.8. The minimum absolute atomic E-state index is 0.354. The number of pyridine rings is 1. The molecule has 0 saturated heterocycles. The zero-order valence-electron chi connectivity index (χ0n) is 11.3. The highest BCUT2D eigenvalue weighted by molar-refractivity contribution is 5.67. The van der Waals surface area contributed by atoms with Gasteiger partial charge in [0.25, 0.3) is 0 Å². The van der Waals surface area contributed by atoms with Crippen LogP contribution in [0.4, 0.5) is 0 Å². The van der Waals surface area contributed by atoms with Crippen LogP contribution < -0.4 is 5.32 Å². The lowest BCUT2D eigenvalue weighted by atomic mass is 9.96. The first-order chi connectivity index (χ1) is 8.72. The largest absolute Gasteiger partial charge is 0.310 e. The molecular formula is C16H20N2. The molecule has 0 aliphatic carbocycles. The SMILES string of the molecule is CCNC(C)c1ccccc1-c1ccc(C)nc1. The molecule has 2 heteroatoms. The second-order valence-electron chi connectivity index (χ2n) is 4.55. The highest BCUT2D eigenvalue weighted by atomic mass is 14.9. The Kier molecular flexibility index (Phi) is 4.11. The fourth-order valence-electron chi connectivity index (χ4n) is 2.18. The first-order valence-corrected chi connectivity index (χ1v) is 6.47. The van der Waals surface area contributed by atoms with Crippen molar-refractivity contribution >= 4 is 0 Å². The number of nitrogens with zero attached hydrogens (tertiary/aromatic N) is 1. The molecule has 2 aromatic rings. The predicted octanol–water partition coefficient (Wildman–Crippen LogP) is 3.73. The van der Waals surface area contributed by atoms with Crippen LogP contribution in [-0.2, 0) is 0 Å². The van der Waals surface area contributed by atoms with Crippen LogP contribution in [0.15, 0.2) is 42.6 Å². The van der Waals surface area contributed by atoms with Crippen molar-refractivity contribution in [2.75, 3.05) is 6.54 Å². The predicted molar refractivity (Wildman–Crippen MR) is 76.5 cm³/mol. The Labute approximate surface area is 109 Å². The number of hydrogen-bond donors (Lipinski definition) is 1. The maximum Gasteiger partial charge on any atom is 0.0373 e. The highest BCUT2D eigenvalue weighted by Crippen LogP contribution is 2.27. The third-order valence-electron chi connectivity index (χ3n) is 3.16. The fraction of sp³-hybridized carbons (Fsp3) is 0.312. The lowest BCUT2D eigenvalue weighted by molar-refractivity contribution is 0.599. The van der Waals surface area contributed by atoms with E-state index in [1.165, 1.54) is 16.7 Å². The number of benzene rings is 1. The van der Waals surface area contributed by atoms with E-state index in [0.29, 0.717) is 6.04 Å². The number of aryl methyl sites for hydroxylation is 1. The number of aromatic nitrogens is 1. The van der Waals surface area contributed by atoms with Crippen LogP contribution in [0.25, 0.3) is 11.1 Å². The molecule has 2 nitrogen and oxygen atoms in total. The fourth-order valence-corrected chi connectivity index (χ4v) is 2.18. The highest BCUT2D eigenvalue weighted by Gasteiger charge is 2.10. The van der Waals surface area contributed by atoms with Gasteiger partial charge in [0.05, 0.1) is 0 Å². The maximum absolute atomic E-state index is 4.38. The lowest BCUT2D eigenvalue weighted by Gasteiger charge is -2.17. The Morgan fingerprint density at radius 1 is 1.17 bits per heavy atom. The third kappa shape index (κ3) is 2.77. The van der Waals surface area contributed by atoms with Gasteiger partial charge in [-0.15, -0.1) is 0 Å². The van der Waals surface area contributed by atoms with E-state index in [1.807, 2.05) is 13.1 Å². The summed E-state index contributed by atoms with van der Waals surface area (Å²) in [6, 6.07) is 13.1. The maximum atomic E-state index is 4.38. The summed E-state index contributed by atoms with van der Waals surface area (Å²) in [5.74, 6) is 0. The molecule has 0 amide bonds. The average Bonchev–Trinajstić information content (AvgIpc) is 2.40. The molecular weight excluding hydrogens is 220 g/mol. The Bertz CT molecular complexity index is 503. The van der Waals surface area contributed by atoms with Gasteiger partial charge in [0.1, 0.15) is 0 Å². The molecule has 1 aromatic carbocycles. The van der Waals surface area contributed by atoms with Crippen LogP contribution in [0.1, 0.15) is 31.1 Å². The summed E-state index contributed by atoms with van der Waals surface area (Å²) >= 11 is 0. The summed E-state index contributed by atoms with van der Waals surface area (Å²) in [4.78, 5) is 4.38. The van der Waals surface area contributed by atoms with Gasteiger partial charge in [-0.2, -0.15) is 0 Å². The molecule has 0 saturated carbocycles. The second kappa shape index (κ2) is 5.78. The van der Waals surface area contributed by atoms with Gasteiger partial charge in [-0.3, -0.25) is 4.98 Å². The van der Waals surface area contributed by atoms with Gasteiger partial charge in [0, 0.05) is 23.5 Å². The zero-order valence-corrected chi connectivity index (χ0v) is 11.3. The Morgan fingerprint density at radius 2 is 1.94 bits per heavy atom. The van der Waals surface area contributed by atoms with Gasteiger partial charge in [0.15, 0.2) is 0 Å². The monoisotopic (exact) mass is 240 g/mol. The molecule has 94 valence electrons. The molecule has 0 aliphatic rings. The van der Waals surface area contributed by atoms with Crippen LogP contribution in [-0.4, -0.2) is 11.5 Å². The van der Waals surface area contributed by atoms with Gasteiger partial charge in [-0.05, 0) is 37.6 Å². The van der Waals surface area contributed by atoms with Crippen molar-refractivity contribution in [3.63, 3.8) is 0 Å². The minimum atomic E-state index is 0.354. The van der Waals surface area contributed by atoms with Crippen LogP contribution in [0.2, 0.25) is 0 Å². The standard InChI is InChI=1S/C16H20N2/c1-4-17-13(3)15-7-5-6-8-16(15)14-10-9-12(2)18-11-14/h5-11,13,17H,4H2,1-3H3. The van der Waals surface area contributed by atoms with Gasteiger partial charge in [-0.25, -0.2) is 0 Å². The van der Waals surface area contributed by atoms with Crippen LogP contribution >= 0.6 is 0 Å². The number of rotatable bonds is 4. The summed E-state index contributed by atoms with van der Waals surface area (Å²) in [5.41, 5.74) is 4.82. The molecule has 0 bridgehead atoms. The summed E-state index contributed by atoms with van der Waals surface area (Å²) in [6.07, 6.45) is 1.95. The van der Waals surface area contributed by atoms with E-state index in [2.05, 4.69) is 60.5 Å². The molecule has 0 radical (unpaired) electrons. The first-order valence-electron chi connectivity index (χ1n) is 6.47. The molecule has 1 unspecified atom stereocenters. The van der Waals surface area contributed by atoms with Crippen LogP contribution in [0, 0.1) is 6.92 Å². The molecule has 0 spiro atoms. The van der Waals surface area contributed by atoms with Gasteiger partial charge >= 0.3 is 0 Å². The van der Waals surface area contributed by atoms with Gasteiger partial charge in [0.2, 0.25) is 0 Å². The summed E-state index contributed by atoms with van der Waals surface area (Å²) < 4.78 is 0. The smallest absolute Gasteiger partial charge is 0.0373 e. The Hall–Kier alpha value is -1.67. The molecule has 0 aliphatic heterocycles. The van der Waals surface area contributed by atoms with E-state index >= 15 is 0 Å². The van der Waals surface area contributed by atoms with Crippen molar-refractivity contribution in [3.05, 3.63) is 53.9 Å².